The number of ketones is 1. The molecular formula is C17H22O7. The molecule has 2 heterocycles. The zero-order chi connectivity index (χ0) is 17.5. The van der Waals surface area contributed by atoms with E-state index in [4.69, 9.17) is 14.2 Å². The number of aliphatic hydroxyl groups is 2. The molecular weight excluding hydrogens is 316 g/mol. The number of Topliss-reactive ketones (excluding diaryl/α,β-unsaturated/α-hetero) is 1. The fraction of sp³-hybridized carbons (Fsp3) is 0.765. The molecule has 2 N–H and O–H groups in total. The Balaban J connectivity index is 1.87. The first-order chi connectivity index (χ1) is 11.2. The first-order valence-corrected chi connectivity index (χ1v) is 8.22. The summed E-state index contributed by atoms with van der Waals surface area (Å²) in [6.07, 6.45) is -0.991. The van der Waals surface area contributed by atoms with Crippen molar-refractivity contribution in [2.75, 3.05) is 13.2 Å². The summed E-state index contributed by atoms with van der Waals surface area (Å²) in [6, 6.07) is 0. The molecule has 2 bridgehead atoms. The SMILES string of the molecule is CC(=O)O[C@H]1C[C@@]2(C)C3(CO3)[C@@H]1O[C@@H]1C=C(C)C(=O)[C@H](O)[C@@]12CO. The Bertz CT molecular complexity index is 651. The lowest BCUT2D eigenvalue weighted by Gasteiger charge is -2.58. The molecule has 0 aromatic carbocycles. The molecule has 0 radical (unpaired) electrons. The van der Waals surface area contributed by atoms with Crippen LogP contribution in [0, 0.1) is 10.8 Å². The second-order valence-electron chi connectivity index (χ2n) is 7.65. The van der Waals surface area contributed by atoms with E-state index in [0.29, 0.717) is 18.6 Å². The van der Waals surface area contributed by atoms with Crippen LogP contribution in [0.1, 0.15) is 27.2 Å². The molecule has 24 heavy (non-hydrogen) atoms. The Labute approximate surface area is 139 Å². The lowest BCUT2D eigenvalue weighted by atomic mass is 9.50. The number of carbonyl (C=O) groups is 2. The molecule has 2 aliphatic heterocycles. The van der Waals surface area contributed by atoms with Gasteiger partial charge in [-0.25, -0.2) is 0 Å². The molecule has 4 aliphatic rings. The average molecular weight is 338 g/mol. The molecule has 7 heteroatoms. The fourth-order valence-corrected chi connectivity index (χ4v) is 5.30. The van der Waals surface area contributed by atoms with Crippen molar-refractivity contribution in [2.24, 2.45) is 10.8 Å². The van der Waals surface area contributed by atoms with Crippen LogP contribution >= 0.6 is 0 Å². The van der Waals surface area contributed by atoms with Crippen molar-refractivity contribution < 1.29 is 34.0 Å². The first-order valence-electron chi connectivity index (χ1n) is 8.22. The van der Waals surface area contributed by atoms with Gasteiger partial charge >= 0.3 is 5.97 Å². The minimum absolute atomic E-state index is 0.367. The Morgan fingerprint density at radius 1 is 1.50 bits per heavy atom. The highest BCUT2D eigenvalue weighted by Gasteiger charge is 2.83. The summed E-state index contributed by atoms with van der Waals surface area (Å²) in [5.74, 6) is -0.824. The zero-order valence-corrected chi connectivity index (χ0v) is 13.9. The lowest BCUT2D eigenvalue weighted by Crippen LogP contribution is -2.70. The van der Waals surface area contributed by atoms with Gasteiger partial charge in [0.05, 0.1) is 24.7 Å². The summed E-state index contributed by atoms with van der Waals surface area (Å²) < 4.78 is 17.4. The van der Waals surface area contributed by atoms with E-state index in [0.717, 1.165) is 0 Å². The standard InChI is InChI=1S/C17H22O7/c1-8-4-11-16(6-18,13(21)12(8)20)15(3)5-10(23-9(2)19)14(24-11)17(15)7-22-17/h4,10-11,13-14,18,21H,5-7H2,1-3H3/t10-,11+,13-,14+,15+,16+,17?/m0/s1. The van der Waals surface area contributed by atoms with Crippen LogP contribution in [0.2, 0.25) is 0 Å². The minimum Gasteiger partial charge on any atom is -0.460 e. The average Bonchev–Trinajstić information content (AvgIpc) is 3.27. The van der Waals surface area contributed by atoms with Crippen molar-refractivity contribution in [2.45, 2.75) is 57.2 Å². The summed E-state index contributed by atoms with van der Waals surface area (Å²) in [5.41, 5.74) is -2.30. The molecule has 132 valence electrons. The molecule has 1 spiro atoms. The predicted molar refractivity (Wildman–Crippen MR) is 79.9 cm³/mol. The van der Waals surface area contributed by atoms with Gasteiger partial charge in [-0.2, -0.15) is 0 Å². The Hall–Kier alpha value is -1.28. The van der Waals surface area contributed by atoms with Gasteiger partial charge in [-0.05, 0) is 25.0 Å². The van der Waals surface area contributed by atoms with Gasteiger partial charge in [-0.15, -0.1) is 0 Å². The molecule has 2 aliphatic carbocycles. The predicted octanol–water partition coefficient (Wildman–Crippen LogP) is -0.267. The highest BCUT2D eigenvalue weighted by Crippen LogP contribution is 2.71. The van der Waals surface area contributed by atoms with Gasteiger partial charge in [-0.1, -0.05) is 6.92 Å². The minimum atomic E-state index is -1.39. The maximum atomic E-state index is 12.4. The van der Waals surface area contributed by atoms with E-state index in [-0.39, 0.29) is 0 Å². The van der Waals surface area contributed by atoms with Gasteiger partial charge in [0.25, 0.3) is 0 Å². The van der Waals surface area contributed by atoms with Crippen LogP contribution in [0.3, 0.4) is 0 Å². The van der Waals surface area contributed by atoms with Crippen molar-refractivity contribution in [1.82, 2.24) is 0 Å². The summed E-state index contributed by atoms with van der Waals surface area (Å²) in [7, 11) is 0. The molecule has 1 unspecified atom stereocenters. The van der Waals surface area contributed by atoms with Gasteiger partial charge in [0, 0.05) is 12.3 Å². The summed E-state index contributed by atoms with van der Waals surface area (Å²) in [4.78, 5) is 23.9. The van der Waals surface area contributed by atoms with Crippen molar-refractivity contribution in [3.8, 4) is 0 Å². The largest absolute Gasteiger partial charge is 0.460 e. The molecule has 7 nitrogen and oxygen atoms in total. The Morgan fingerprint density at radius 2 is 2.17 bits per heavy atom. The van der Waals surface area contributed by atoms with E-state index in [2.05, 4.69) is 0 Å². The van der Waals surface area contributed by atoms with E-state index in [1.807, 2.05) is 6.92 Å². The second-order valence-corrected chi connectivity index (χ2v) is 7.65. The third-order valence-electron chi connectivity index (χ3n) is 6.73. The van der Waals surface area contributed by atoms with E-state index in [9.17, 15) is 19.8 Å². The van der Waals surface area contributed by atoms with Crippen LogP contribution in [-0.2, 0) is 23.8 Å². The smallest absolute Gasteiger partial charge is 0.302 e. The Kier molecular flexibility index (Phi) is 3.15. The third kappa shape index (κ3) is 1.57. The summed E-state index contributed by atoms with van der Waals surface area (Å²) in [5, 5.41) is 21.1. The van der Waals surface area contributed by atoms with Crippen molar-refractivity contribution in [3.05, 3.63) is 11.6 Å². The quantitative estimate of drug-likeness (QED) is 0.527. The van der Waals surface area contributed by atoms with E-state index in [1.54, 1.807) is 13.0 Å². The second kappa shape index (κ2) is 4.66. The maximum absolute atomic E-state index is 12.4. The summed E-state index contributed by atoms with van der Waals surface area (Å²) in [6.45, 7) is 4.83. The maximum Gasteiger partial charge on any atom is 0.302 e. The molecule has 3 fully saturated rings. The molecule has 7 atom stereocenters. The van der Waals surface area contributed by atoms with E-state index >= 15 is 0 Å². The number of epoxide rings is 1. The zero-order valence-electron chi connectivity index (χ0n) is 13.9. The molecule has 0 aromatic heterocycles. The first kappa shape index (κ1) is 16.2. The monoisotopic (exact) mass is 338 g/mol. The number of carbonyl (C=O) groups excluding carboxylic acids is 2. The van der Waals surface area contributed by atoms with Crippen LogP contribution in [0.25, 0.3) is 0 Å². The van der Waals surface area contributed by atoms with Crippen LogP contribution in [0.15, 0.2) is 11.6 Å². The number of rotatable bonds is 2. The molecule has 1 saturated carbocycles. The van der Waals surface area contributed by atoms with Crippen molar-refractivity contribution >= 4 is 11.8 Å². The molecule has 0 aromatic rings. The number of aliphatic hydroxyl groups excluding tert-OH is 2. The van der Waals surface area contributed by atoms with Gasteiger partial charge < -0.3 is 24.4 Å². The fourth-order valence-electron chi connectivity index (χ4n) is 5.30. The molecule has 2 saturated heterocycles. The Morgan fingerprint density at radius 3 is 2.71 bits per heavy atom. The normalized spacial score (nSPS) is 52.0. The van der Waals surface area contributed by atoms with Gasteiger partial charge in [0.2, 0.25) is 0 Å². The highest BCUT2D eigenvalue weighted by atomic mass is 16.7. The van der Waals surface area contributed by atoms with Crippen molar-refractivity contribution in [3.63, 3.8) is 0 Å². The van der Waals surface area contributed by atoms with E-state index < -0.39 is 59.2 Å². The molecule has 0 amide bonds. The van der Waals surface area contributed by atoms with Crippen LogP contribution < -0.4 is 0 Å². The number of esters is 1. The van der Waals surface area contributed by atoms with E-state index in [1.165, 1.54) is 6.92 Å². The topological polar surface area (TPSA) is 106 Å². The van der Waals surface area contributed by atoms with Gasteiger partial charge in [0.1, 0.15) is 23.9 Å². The third-order valence-corrected chi connectivity index (χ3v) is 6.73. The van der Waals surface area contributed by atoms with Crippen LogP contribution in [0.5, 0.6) is 0 Å². The van der Waals surface area contributed by atoms with Crippen molar-refractivity contribution in [1.29, 1.82) is 0 Å². The number of fused-ring (bicyclic) bond motifs is 2. The van der Waals surface area contributed by atoms with Crippen LogP contribution in [-0.4, -0.2) is 65.2 Å². The van der Waals surface area contributed by atoms with Gasteiger partial charge in [0.15, 0.2) is 5.78 Å². The van der Waals surface area contributed by atoms with Gasteiger partial charge in [-0.3, -0.25) is 9.59 Å². The number of ether oxygens (including phenoxy) is 3. The lowest BCUT2D eigenvalue weighted by molar-refractivity contribution is -0.244. The summed E-state index contributed by atoms with van der Waals surface area (Å²) >= 11 is 0. The highest BCUT2D eigenvalue weighted by molar-refractivity contribution is 6.00. The van der Waals surface area contributed by atoms with Crippen LogP contribution in [0.4, 0.5) is 0 Å². The molecule has 4 rings (SSSR count). The number of hydrogen-bond donors (Lipinski definition) is 2. The number of hydrogen-bond acceptors (Lipinski definition) is 7.